The maximum absolute atomic E-state index is 5.64. The number of benzene rings is 1. The summed E-state index contributed by atoms with van der Waals surface area (Å²) < 4.78 is 5.64. The molecular weight excluding hydrogens is 258 g/mol. The molecule has 19 heavy (non-hydrogen) atoms. The summed E-state index contributed by atoms with van der Waals surface area (Å²) in [5.74, 6) is 1.83. The molecule has 0 atom stereocenters. The molecule has 1 aromatic carbocycles. The van der Waals surface area contributed by atoms with E-state index in [0.29, 0.717) is 5.17 Å². The first-order chi connectivity index (χ1) is 9.34. The predicted octanol–water partition coefficient (Wildman–Crippen LogP) is 3.04. The molecule has 2 N–H and O–H groups in total. The Morgan fingerprint density at radius 1 is 1.11 bits per heavy atom. The van der Waals surface area contributed by atoms with Crippen molar-refractivity contribution in [3.05, 3.63) is 30.3 Å². The van der Waals surface area contributed by atoms with Crippen molar-refractivity contribution in [2.75, 3.05) is 12.4 Å². The summed E-state index contributed by atoms with van der Waals surface area (Å²) in [6, 6.07) is 9.93. The van der Waals surface area contributed by atoms with Gasteiger partial charge in [0.2, 0.25) is 0 Å². The lowest BCUT2D eigenvalue weighted by Gasteiger charge is -2.09. The van der Waals surface area contributed by atoms with Gasteiger partial charge in [-0.1, -0.05) is 30.0 Å². The summed E-state index contributed by atoms with van der Waals surface area (Å²) in [4.78, 5) is 0. The summed E-state index contributed by atoms with van der Waals surface area (Å²) in [5, 5.41) is 8.56. The number of unbranched alkanes of at least 4 members (excludes halogenated alkanes) is 2. The molecule has 0 aromatic heterocycles. The molecule has 5 heteroatoms. The zero-order chi connectivity index (χ0) is 13.3. The molecule has 0 bridgehead atoms. The average Bonchev–Trinajstić information content (AvgIpc) is 2.46. The molecule has 2 rings (SSSR count). The van der Waals surface area contributed by atoms with Gasteiger partial charge in [0.1, 0.15) is 5.75 Å². The molecule has 0 amide bonds. The van der Waals surface area contributed by atoms with Gasteiger partial charge in [0, 0.05) is 5.75 Å². The fourth-order valence-electron chi connectivity index (χ4n) is 1.77. The van der Waals surface area contributed by atoms with Gasteiger partial charge in [0.25, 0.3) is 0 Å². The van der Waals surface area contributed by atoms with Crippen LogP contribution in [0.3, 0.4) is 0 Å². The van der Waals surface area contributed by atoms with Gasteiger partial charge in [-0.2, -0.15) is 5.10 Å². The highest BCUT2D eigenvalue weighted by molar-refractivity contribution is 8.14. The first kappa shape index (κ1) is 13.9. The van der Waals surface area contributed by atoms with E-state index < -0.39 is 0 Å². The molecule has 0 fully saturated rings. The smallest absolute Gasteiger partial charge is 0.180 e. The fourth-order valence-corrected chi connectivity index (χ4v) is 2.39. The maximum Gasteiger partial charge on any atom is 0.180 e. The standard InChI is InChI=1S/C14H19N3OS/c15-14-17-16-12(11-19-14)7-3-2-6-10-18-13-8-4-1-5-9-13/h1,4-5,8-9H,2-3,6-7,10-11H2,(H2,15,17). The monoisotopic (exact) mass is 277 g/mol. The van der Waals surface area contributed by atoms with Crippen LogP contribution in [0.2, 0.25) is 0 Å². The lowest BCUT2D eigenvalue weighted by Crippen LogP contribution is -2.15. The van der Waals surface area contributed by atoms with Gasteiger partial charge >= 0.3 is 0 Å². The zero-order valence-corrected chi connectivity index (χ0v) is 11.7. The maximum atomic E-state index is 5.64. The Bertz CT molecular complexity index is 445. The van der Waals surface area contributed by atoms with Crippen LogP contribution in [0, 0.1) is 0 Å². The van der Waals surface area contributed by atoms with E-state index in [0.717, 1.165) is 49.5 Å². The van der Waals surface area contributed by atoms with Crippen LogP contribution < -0.4 is 10.5 Å². The lowest BCUT2D eigenvalue weighted by molar-refractivity contribution is 0.305. The first-order valence-corrected chi connectivity index (χ1v) is 7.52. The molecule has 0 saturated carbocycles. The molecule has 1 aliphatic heterocycles. The summed E-state index contributed by atoms with van der Waals surface area (Å²) in [6.07, 6.45) is 4.36. The van der Waals surface area contributed by atoms with E-state index in [1.165, 1.54) is 0 Å². The van der Waals surface area contributed by atoms with Gasteiger partial charge in [-0.15, -0.1) is 5.10 Å². The topological polar surface area (TPSA) is 60.0 Å². The predicted molar refractivity (Wildman–Crippen MR) is 81.9 cm³/mol. The second-order valence-corrected chi connectivity index (χ2v) is 5.36. The van der Waals surface area contributed by atoms with Gasteiger partial charge < -0.3 is 10.5 Å². The van der Waals surface area contributed by atoms with E-state index >= 15 is 0 Å². The molecule has 0 saturated heterocycles. The third-order valence-electron chi connectivity index (χ3n) is 2.80. The molecule has 0 aliphatic carbocycles. The minimum Gasteiger partial charge on any atom is -0.494 e. The van der Waals surface area contributed by atoms with Crippen molar-refractivity contribution in [2.45, 2.75) is 25.7 Å². The van der Waals surface area contributed by atoms with E-state index in [2.05, 4.69) is 10.2 Å². The second-order valence-electron chi connectivity index (χ2n) is 4.37. The van der Waals surface area contributed by atoms with E-state index in [9.17, 15) is 0 Å². The van der Waals surface area contributed by atoms with E-state index in [4.69, 9.17) is 10.5 Å². The van der Waals surface area contributed by atoms with Crippen LogP contribution in [-0.4, -0.2) is 23.2 Å². The van der Waals surface area contributed by atoms with Gasteiger partial charge in [-0.25, -0.2) is 0 Å². The van der Waals surface area contributed by atoms with Crippen LogP contribution in [0.25, 0.3) is 0 Å². The van der Waals surface area contributed by atoms with Crippen molar-refractivity contribution in [2.24, 2.45) is 15.9 Å². The summed E-state index contributed by atoms with van der Waals surface area (Å²) in [6.45, 7) is 0.774. The van der Waals surface area contributed by atoms with Gasteiger partial charge in [-0.05, 0) is 37.8 Å². The van der Waals surface area contributed by atoms with Crippen molar-refractivity contribution >= 4 is 22.6 Å². The van der Waals surface area contributed by atoms with Crippen LogP contribution in [0.4, 0.5) is 0 Å². The van der Waals surface area contributed by atoms with E-state index in [-0.39, 0.29) is 0 Å². The van der Waals surface area contributed by atoms with Gasteiger partial charge in [0.15, 0.2) is 5.17 Å². The van der Waals surface area contributed by atoms with Crippen LogP contribution in [0.15, 0.2) is 40.5 Å². The quantitative estimate of drug-likeness (QED) is 0.779. The Morgan fingerprint density at radius 2 is 1.95 bits per heavy atom. The highest BCUT2D eigenvalue weighted by Gasteiger charge is 2.07. The first-order valence-electron chi connectivity index (χ1n) is 6.54. The van der Waals surface area contributed by atoms with Gasteiger partial charge in [0.05, 0.1) is 12.3 Å². The van der Waals surface area contributed by atoms with E-state index in [1.807, 2.05) is 30.3 Å². The summed E-state index contributed by atoms with van der Waals surface area (Å²) in [5.41, 5.74) is 6.68. The van der Waals surface area contributed by atoms with Gasteiger partial charge in [-0.3, -0.25) is 0 Å². The number of ether oxygens (including phenoxy) is 1. The highest BCUT2D eigenvalue weighted by Crippen LogP contribution is 2.13. The number of para-hydroxylation sites is 1. The van der Waals surface area contributed by atoms with Crippen LogP contribution >= 0.6 is 11.8 Å². The average molecular weight is 277 g/mol. The SMILES string of the molecule is NC1=NN=C(CCCCCOc2ccccc2)CS1. The lowest BCUT2D eigenvalue weighted by atomic mass is 10.1. The minimum absolute atomic E-state index is 0.569. The third-order valence-corrected chi connectivity index (χ3v) is 3.65. The van der Waals surface area contributed by atoms with E-state index in [1.54, 1.807) is 11.8 Å². The van der Waals surface area contributed by atoms with Crippen LogP contribution in [0.5, 0.6) is 5.75 Å². The molecule has 102 valence electrons. The van der Waals surface area contributed by atoms with Crippen molar-refractivity contribution in [1.82, 2.24) is 0 Å². The molecule has 0 radical (unpaired) electrons. The fraction of sp³-hybridized carbons (Fsp3) is 0.429. The molecule has 0 spiro atoms. The molecule has 1 aromatic rings. The van der Waals surface area contributed by atoms with Crippen LogP contribution in [-0.2, 0) is 0 Å². The number of nitrogens with zero attached hydrogens (tertiary/aromatic N) is 2. The Balaban J connectivity index is 1.53. The number of thioether (sulfide) groups is 1. The second kappa shape index (κ2) is 7.84. The van der Waals surface area contributed by atoms with Crippen LogP contribution in [0.1, 0.15) is 25.7 Å². The Labute approximate surface area is 118 Å². The van der Waals surface area contributed by atoms with Crippen molar-refractivity contribution in [3.8, 4) is 5.75 Å². The number of rotatable bonds is 7. The Hall–Kier alpha value is -1.49. The Morgan fingerprint density at radius 3 is 2.68 bits per heavy atom. The normalized spacial score (nSPS) is 14.7. The highest BCUT2D eigenvalue weighted by atomic mass is 32.2. The summed E-state index contributed by atoms with van der Waals surface area (Å²) >= 11 is 1.56. The Kier molecular flexibility index (Phi) is 5.75. The molecule has 4 nitrogen and oxygen atoms in total. The number of hydrogen-bond donors (Lipinski definition) is 1. The molecule has 0 unspecified atom stereocenters. The summed E-state index contributed by atoms with van der Waals surface area (Å²) in [7, 11) is 0. The van der Waals surface area contributed by atoms with Crippen molar-refractivity contribution in [3.63, 3.8) is 0 Å². The number of nitrogens with two attached hydrogens (primary N) is 1. The van der Waals surface area contributed by atoms with Crippen molar-refractivity contribution < 1.29 is 4.74 Å². The van der Waals surface area contributed by atoms with Crippen molar-refractivity contribution in [1.29, 1.82) is 0 Å². The zero-order valence-electron chi connectivity index (χ0n) is 10.9. The molecule has 1 heterocycles. The third kappa shape index (κ3) is 5.34. The molecule has 1 aliphatic rings. The molecular formula is C14H19N3OS. The number of amidine groups is 1. The minimum atomic E-state index is 0.569. The largest absolute Gasteiger partial charge is 0.494 e. The number of hydrogen-bond acceptors (Lipinski definition) is 5.